The number of carbonyl (C=O) groups is 3. The van der Waals surface area contributed by atoms with Crippen LogP contribution in [0.25, 0.3) is 0 Å². The SMILES string of the molecule is Cc1ccc(C(=O)N2CCC(N3C(=O)CSC3=O)CC2)s1. The Kier molecular flexibility index (Phi) is 4.03. The van der Waals surface area contributed by atoms with Crippen molar-refractivity contribution in [3.8, 4) is 0 Å². The number of thioether (sulfide) groups is 1. The Morgan fingerprint density at radius 3 is 2.48 bits per heavy atom. The summed E-state index contributed by atoms with van der Waals surface area (Å²) in [6, 6.07) is 3.76. The van der Waals surface area contributed by atoms with Gasteiger partial charge in [-0.05, 0) is 31.9 Å². The van der Waals surface area contributed by atoms with Crippen LogP contribution in [0.2, 0.25) is 0 Å². The van der Waals surface area contributed by atoms with Crippen molar-refractivity contribution in [2.24, 2.45) is 0 Å². The van der Waals surface area contributed by atoms with Gasteiger partial charge in [-0.1, -0.05) is 11.8 Å². The topological polar surface area (TPSA) is 57.7 Å². The van der Waals surface area contributed by atoms with Crippen molar-refractivity contribution >= 4 is 40.2 Å². The van der Waals surface area contributed by atoms with E-state index in [4.69, 9.17) is 0 Å². The molecular formula is C14H16N2O3S2. The number of likely N-dealkylation sites (tertiary alicyclic amines) is 1. The number of aryl methyl sites for hydroxylation is 1. The van der Waals surface area contributed by atoms with Gasteiger partial charge in [0.05, 0.1) is 10.6 Å². The minimum atomic E-state index is -0.140. The number of nitrogens with zero attached hydrogens (tertiary/aromatic N) is 2. The molecule has 5 nitrogen and oxygen atoms in total. The minimum Gasteiger partial charge on any atom is -0.338 e. The van der Waals surface area contributed by atoms with E-state index in [-0.39, 0.29) is 28.8 Å². The van der Waals surface area contributed by atoms with E-state index in [2.05, 4.69) is 0 Å². The zero-order valence-electron chi connectivity index (χ0n) is 11.7. The van der Waals surface area contributed by atoms with E-state index in [0.717, 1.165) is 21.5 Å². The molecule has 0 N–H and O–H groups in total. The van der Waals surface area contributed by atoms with Crippen molar-refractivity contribution in [1.82, 2.24) is 9.80 Å². The highest BCUT2D eigenvalue weighted by molar-refractivity contribution is 8.14. The summed E-state index contributed by atoms with van der Waals surface area (Å²) in [5.41, 5.74) is 0. The predicted molar refractivity (Wildman–Crippen MR) is 82.7 cm³/mol. The van der Waals surface area contributed by atoms with Crippen LogP contribution in [0.3, 0.4) is 0 Å². The smallest absolute Gasteiger partial charge is 0.289 e. The van der Waals surface area contributed by atoms with Crippen molar-refractivity contribution in [3.05, 3.63) is 21.9 Å². The standard InChI is InChI=1S/C14H16N2O3S2/c1-9-2-3-11(21-9)13(18)15-6-4-10(5-7-15)16-12(17)8-20-14(16)19/h2-3,10H,4-8H2,1H3. The van der Waals surface area contributed by atoms with Crippen LogP contribution in [-0.4, -0.2) is 51.7 Å². The van der Waals surface area contributed by atoms with Gasteiger partial charge >= 0.3 is 0 Å². The maximum Gasteiger partial charge on any atom is 0.289 e. The molecule has 0 bridgehead atoms. The number of imide groups is 1. The molecule has 2 fully saturated rings. The highest BCUT2D eigenvalue weighted by atomic mass is 32.2. The van der Waals surface area contributed by atoms with Gasteiger partial charge in [0, 0.05) is 24.0 Å². The highest BCUT2D eigenvalue weighted by Gasteiger charge is 2.38. The van der Waals surface area contributed by atoms with Gasteiger partial charge in [0.2, 0.25) is 5.91 Å². The molecule has 2 aliphatic rings. The summed E-state index contributed by atoms with van der Waals surface area (Å²) in [4.78, 5) is 40.9. The number of carbonyl (C=O) groups excluding carboxylic acids is 3. The van der Waals surface area contributed by atoms with Crippen LogP contribution in [0.15, 0.2) is 12.1 Å². The molecule has 2 saturated heterocycles. The normalized spacial score (nSPS) is 20.4. The molecule has 0 spiro atoms. The largest absolute Gasteiger partial charge is 0.338 e. The molecular weight excluding hydrogens is 308 g/mol. The molecule has 3 heterocycles. The Labute approximate surface area is 131 Å². The number of hydrogen-bond acceptors (Lipinski definition) is 5. The molecule has 3 rings (SSSR count). The van der Waals surface area contributed by atoms with Gasteiger partial charge in [-0.3, -0.25) is 19.3 Å². The lowest BCUT2D eigenvalue weighted by Gasteiger charge is -2.35. The van der Waals surface area contributed by atoms with Gasteiger partial charge in [-0.25, -0.2) is 0 Å². The zero-order valence-corrected chi connectivity index (χ0v) is 13.3. The summed E-state index contributed by atoms with van der Waals surface area (Å²) in [5, 5.41) is -0.140. The Balaban J connectivity index is 1.61. The summed E-state index contributed by atoms with van der Waals surface area (Å²) >= 11 is 2.58. The molecule has 0 aromatic carbocycles. The third kappa shape index (κ3) is 2.85. The second-order valence-corrected chi connectivity index (χ2v) is 7.47. The van der Waals surface area contributed by atoms with Crippen molar-refractivity contribution in [2.45, 2.75) is 25.8 Å². The molecule has 0 aliphatic carbocycles. The van der Waals surface area contributed by atoms with Crippen LogP contribution in [0.1, 0.15) is 27.4 Å². The summed E-state index contributed by atoms with van der Waals surface area (Å²) in [6.45, 7) is 3.18. The van der Waals surface area contributed by atoms with Gasteiger partial charge in [0.1, 0.15) is 0 Å². The third-order valence-electron chi connectivity index (χ3n) is 3.85. The number of thiophene rings is 1. The fourth-order valence-electron chi connectivity index (χ4n) is 2.75. The summed E-state index contributed by atoms with van der Waals surface area (Å²) in [7, 11) is 0. The molecule has 1 aromatic heterocycles. The Hall–Kier alpha value is -1.34. The second kappa shape index (κ2) is 5.81. The predicted octanol–water partition coefficient (Wildman–Crippen LogP) is 2.36. The Morgan fingerprint density at radius 2 is 1.95 bits per heavy atom. The minimum absolute atomic E-state index is 0.0471. The first-order valence-corrected chi connectivity index (χ1v) is 8.71. The molecule has 1 aromatic rings. The molecule has 0 radical (unpaired) electrons. The zero-order chi connectivity index (χ0) is 15.0. The lowest BCUT2D eigenvalue weighted by Crippen LogP contribution is -2.48. The van der Waals surface area contributed by atoms with Crippen molar-refractivity contribution in [3.63, 3.8) is 0 Å². The number of amides is 3. The average Bonchev–Trinajstić information content (AvgIpc) is 3.05. The van der Waals surface area contributed by atoms with Crippen LogP contribution < -0.4 is 0 Å². The average molecular weight is 324 g/mol. The summed E-state index contributed by atoms with van der Waals surface area (Å²) < 4.78 is 0. The Morgan fingerprint density at radius 1 is 1.24 bits per heavy atom. The molecule has 0 saturated carbocycles. The molecule has 3 amide bonds. The van der Waals surface area contributed by atoms with Gasteiger partial charge in [0.25, 0.3) is 11.1 Å². The van der Waals surface area contributed by atoms with Gasteiger partial charge in [0.15, 0.2) is 0 Å². The fourth-order valence-corrected chi connectivity index (χ4v) is 4.36. The first kappa shape index (κ1) is 14.6. The lowest BCUT2D eigenvalue weighted by atomic mass is 10.0. The van der Waals surface area contributed by atoms with Crippen molar-refractivity contribution in [1.29, 1.82) is 0 Å². The summed E-state index contributed by atoms with van der Waals surface area (Å²) in [5.74, 6) is 0.218. The first-order valence-electron chi connectivity index (χ1n) is 6.91. The quantitative estimate of drug-likeness (QED) is 0.838. The van der Waals surface area contributed by atoms with Crippen LogP contribution >= 0.6 is 23.1 Å². The Bertz CT molecular complexity index is 575. The molecule has 0 atom stereocenters. The maximum absolute atomic E-state index is 12.4. The molecule has 112 valence electrons. The van der Waals surface area contributed by atoms with Crippen molar-refractivity contribution < 1.29 is 14.4 Å². The van der Waals surface area contributed by atoms with Crippen LogP contribution in [0.5, 0.6) is 0 Å². The third-order valence-corrected chi connectivity index (χ3v) is 5.68. The molecule has 21 heavy (non-hydrogen) atoms. The monoisotopic (exact) mass is 324 g/mol. The van der Waals surface area contributed by atoms with Gasteiger partial charge < -0.3 is 4.90 Å². The lowest BCUT2D eigenvalue weighted by molar-refractivity contribution is -0.126. The van der Waals surface area contributed by atoms with E-state index in [0.29, 0.717) is 25.9 Å². The van der Waals surface area contributed by atoms with E-state index in [9.17, 15) is 14.4 Å². The van der Waals surface area contributed by atoms with Gasteiger partial charge in [-0.2, -0.15) is 0 Å². The van der Waals surface area contributed by atoms with Crippen molar-refractivity contribution in [2.75, 3.05) is 18.8 Å². The van der Waals surface area contributed by atoms with E-state index < -0.39 is 0 Å². The molecule has 7 heteroatoms. The van der Waals surface area contributed by atoms with Crippen LogP contribution in [0, 0.1) is 6.92 Å². The molecule has 2 aliphatic heterocycles. The first-order chi connectivity index (χ1) is 10.1. The van der Waals surface area contributed by atoms with Crippen LogP contribution in [0.4, 0.5) is 4.79 Å². The van der Waals surface area contributed by atoms with Crippen LogP contribution in [-0.2, 0) is 4.79 Å². The molecule has 0 unspecified atom stereocenters. The van der Waals surface area contributed by atoms with E-state index in [1.165, 1.54) is 16.2 Å². The van der Waals surface area contributed by atoms with Gasteiger partial charge in [-0.15, -0.1) is 11.3 Å². The van der Waals surface area contributed by atoms with E-state index in [1.807, 2.05) is 24.0 Å². The number of hydrogen-bond donors (Lipinski definition) is 0. The van der Waals surface area contributed by atoms with E-state index >= 15 is 0 Å². The van der Waals surface area contributed by atoms with E-state index in [1.54, 1.807) is 0 Å². The summed E-state index contributed by atoms with van der Waals surface area (Å²) in [6.07, 6.45) is 1.35. The second-order valence-electron chi connectivity index (χ2n) is 5.25. The number of piperidine rings is 1. The number of rotatable bonds is 2. The maximum atomic E-state index is 12.4. The fraction of sp³-hybridized carbons (Fsp3) is 0.500. The highest BCUT2D eigenvalue weighted by Crippen LogP contribution is 2.27.